The molecule has 0 radical (unpaired) electrons. The van der Waals surface area contributed by atoms with E-state index in [1.54, 1.807) is 0 Å². The van der Waals surface area contributed by atoms with Crippen molar-refractivity contribution < 1.29 is 4.79 Å². The van der Waals surface area contributed by atoms with Gasteiger partial charge in [-0.2, -0.15) is 0 Å². The van der Waals surface area contributed by atoms with Crippen molar-refractivity contribution in [3.8, 4) is 0 Å². The minimum Gasteiger partial charge on any atom is -0.324 e. The number of rotatable bonds is 6. The quantitative estimate of drug-likeness (QED) is 0.869. The van der Waals surface area contributed by atoms with Crippen LogP contribution in [0.25, 0.3) is 0 Å². The molecular weight excluding hydrogens is 284 g/mol. The third-order valence-corrected chi connectivity index (χ3v) is 4.21. The number of anilines is 1. The molecule has 23 heavy (non-hydrogen) atoms. The molecule has 2 rings (SSSR count). The number of benzene rings is 2. The molecule has 0 aromatic heterocycles. The molecule has 0 spiro atoms. The summed E-state index contributed by atoms with van der Waals surface area (Å²) in [6.45, 7) is 9.71. The summed E-state index contributed by atoms with van der Waals surface area (Å²) in [6, 6.07) is 16.2. The molecular formula is C20H26N2O. The number of hydrogen-bond acceptors (Lipinski definition) is 2. The van der Waals surface area contributed by atoms with Gasteiger partial charge < -0.3 is 5.32 Å². The SMILES string of the molecule is CCN(Cc1ccccc1)C(C)C(=O)Nc1cc(C)ccc1C. The first kappa shape index (κ1) is 17.2. The highest BCUT2D eigenvalue weighted by Crippen LogP contribution is 2.17. The molecule has 122 valence electrons. The lowest BCUT2D eigenvalue weighted by molar-refractivity contribution is -0.120. The van der Waals surface area contributed by atoms with Crippen molar-refractivity contribution in [2.45, 2.75) is 40.3 Å². The molecule has 2 aromatic carbocycles. The summed E-state index contributed by atoms with van der Waals surface area (Å²) in [5.41, 5.74) is 4.36. The lowest BCUT2D eigenvalue weighted by atomic mass is 10.1. The molecule has 1 N–H and O–H groups in total. The molecule has 0 bridgehead atoms. The molecule has 0 aliphatic heterocycles. The number of nitrogens with one attached hydrogen (secondary N) is 1. The first-order chi connectivity index (χ1) is 11.0. The lowest BCUT2D eigenvalue weighted by Crippen LogP contribution is -2.41. The summed E-state index contributed by atoms with van der Waals surface area (Å²) >= 11 is 0. The topological polar surface area (TPSA) is 32.3 Å². The summed E-state index contributed by atoms with van der Waals surface area (Å²) < 4.78 is 0. The Morgan fingerprint density at radius 2 is 1.83 bits per heavy atom. The fraction of sp³-hybridized carbons (Fsp3) is 0.350. The molecule has 0 aliphatic rings. The summed E-state index contributed by atoms with van der Waals surface area (Å²) in [4.78, 5) is 14.8. The van der Waals surface area contributed by atoms with Crippen molar-refractivity contribution in [3.05, 3.63) is 65.2 Å². The van der Waals surface area contributed by atoms with Crippen LogP contribution in [0.5, 0.6) is 0 Å². The molecule has 0 aliphatic carbocycles. The van der Waals surface area contributed by atoms with E-state index >= 15 is 0 Å². The maximum absolute atomic E-state index is 12.6. The molecule has 0 fully saturated rings. The maximum Gasteiger partial charge on any atom is 0.241 e. The smallest absolute Gasteiger partial charge is 0.241 e. The van der Waals surface area contributed by atoms with Crippen LogP contribution in [0.3, 0.4) is 0 Å². The van der Waals surface area contributed by atoms with Crippen LogP contribution < -0.4 is 5.32 Å². The van der Waals surface area contributed by atoms with Gasteiger partial charge >= 0.3 is 0 Å². The normalized spacial score (nSPS) is 12.2. The van der Waals surface area contributed by atoms with Crippen molar-refractivity contribution in [2.75, 3.05) is 11.9 Å². The predicted octanol–water partition coefficient (Wildman–Crippen LogP) is 4.15. The van der Waals surface area contributed by atoms with E-state index in [4.69, 9.17) is 0 Å². The van der Waals surface area contributed by atoms with Crippen LogP contribution >= 0.6 is 0 Å². The van der Waals surface area contributed by atoms with Gasteiger partial charge in [-0.25, -0.2) is 0 Å². The molecule has 3 nitrogen and oxygen atoms in total. The maximum atomic E-state index is 12.6. The molecule has 1 atom stereocenters. The van der Waals surface area contributed by atoms with Crippen LogP contribution in [-0.4, -0.2) is 23.4 Å². The van der Waals surface area contributed by atoms with Crippen LogP contribution in [-0.2, 0) is 11.3 Å². The number of likely N-dealkylation sites (N-methyl/N-ethyl adjacent to an activating group) is 1. The standard InChI is InChI=1S/C20H26N2O/c1-5-22(14-18-9-7-6-8-10-18)17(4)20(23)21-19-13-15(2)11-12-16(19)3/h6-13,17H,5,14H2,1-4H3,(H,21,23). The van der Waals surface area contributed by atoms with E-state index in [0.717, 1.165) is 29.9 Å². The van der Waals surface area contributed by atoms with E-state index in [2.05, 4.69) is 35.3 Å². The van der Waals surface area contributed by atoms with Gasteiger partial charge in [0.15, 0.2) is 0 Å². The second kappa shape index (κ2) is 7.93. The molecule has 2 aromatic rings. The van der Waals surface area contributed by atoms with Crippen LogP contribution in [0.1, 0.15) is 30.5 Å². The summed E-state index contributed by atoms with van der Waals surface area (Å²) in [6.07, 6.45) is 0. The number of carbonyl (C=O) groups is 1. The Labute approximate surface area is 139 Å². The fourth-order valence-corrected chi connectivity index (χ4v) is 2.61. The fourth-order valence-electron chi connectivity index (χ4n) is 2.61. The first-order valence-electron chi connectivity index (χ1n) is 8.17. The Hall–Kier alpha value is -2.13. The Balaban J connectivity index is 2.06. The molecule has 1 unspecified atom stereocenters. The highest BCUT2D eigenvalue weighted by Gasteiger charge is 2.20. The van der Waals surface area contributed by atoms with Gasteiger partial charge in [-0.05, 0) is 50.1 Å². The second-order valence-corrected chi connectivity index (χ2v) is 6.03. The Kier molecular flexibility index (Phi) is 5.94. The number of aryl methyl sites for hydroxylation is 2. The largest absolute Gasteiger partial charge is 0.324 e. The highest BCUT2D eigenvalue weighted by atomic mass is 16.2. The Morgan fingerprint density at radius 1 is 1.13 bits per heavy atom. The molecule has 3 heteroatoms. The monoisotopic (exact) mass is 310 g/mol. The van der Waals surface area contributed by atoms with Crippen molar-refractivity contribution >= 4 is 11.6 Å². The molecule has 1 amide bonds. The zero-order valence-electron chi connectivity index (χ0n) is 14.5. The van der Waals surface area contributed by atoms with Crippen LogP contribution in [0.4, 0.5) is 5.69 Å². The van der Waals surface area contributed by atoms with Gasteiger partial charge in [-0.1, -0.05) is 49.4 Å². The summed E-state index contributed by atoms with van der Waals surface area (Å²) in [5, 5.41) is 3.07. The van der Waals surface area contributed by atoms with E-state index in [1.807, 2.05) is 51.1 Å². The summed E-state index contributed by atoms with van der Waals surface area (Å²) in [5.74, 6) is 0.0384. The van der Waals surface area contributed by atoms with Crippen molar-refractivity contribution in [2.24, 2.45) is 0 Å². The van der Waals surface area contributed by atoms with Crippen molar-refractivity contribution in [3.63, 3.8) is 0 Å². The van der Waals surface area contributed by atoms with Crippen LogP contribution in [0.15, 0.2) is 48.5 Å². The third kappa shape index (κ3) is 4.67. The lowest BCUT2D eigenvalue weighted by Gasteiger charge is -2.27. The van der Waals surface area contributed by atoms with Gasteiger partial charge in [0.2, 0.25) is 5.91 Å². The average Bonchev–Trinajstić information content (AvgIpc) is 2.56. The minimum atomic E-state index is -0.180. The third-order valence-electron chi connectivity index (χ3n) is 4.21. The predicted molar refractivity (Wildman–Crippen MR) is 96.5 cm³/mol. The number of nitrogens with zero attached hydrogens (tertiary/aromatic N) is 1. The second-order valence-electron chi connectivity index (χ2n) is 6.03. The Bertz CT molecular complexity index is 652. The van der Waals surface area contributed by atoms with E-state index < -0.39 is 0 Å². The van der Waals surface area contributed by atoms with Gasteiger partial charge in [0.25, 0.3) is 0 Å². The summed E-state index contributed by atoms with van der Waals surface area (Å²) in [7, 11) is 0. The highest BCUT2D eigenvalue weighted by molar-refractivity contribution is 5.95. The number of amides is 1. The van der Waals surface area contributed by atoms with E-state index in [-0.39, 0.29) is 11.9 Å². The average molecular weight is 310 g/mol. The molecule has 0 heterocycles. The van der Waals surface area contributed by atoms with E-state index in [1.165, 1.54) is 5.56 Å². The number of hydrogen-bond donors (Lipinski definition) is 1. The Morgan fingerprint density at radius 3 is 2.48 bits per heavy atom. The van der Waals surface area contributed by atoms with E-state index in [9.17, 15) is 4.79 Å². The first-order valence-corrected chi connectivity index (χ1v) is 8.17. The number of carbonyl (C=O) groups excluding carboxylic acids is 1. The minimum absolute atomic E-state index is 0.0384. The molecule has 0 saturated heterocycles. The van der Waals surface area contributed by atoms with Crippen LogP contribution in [0.2, 0.25) is 0 Å². The van der Waals surface area contributed by atoms with Crippen molar-refractivity contribution in [1.29, 1.82) is 0 Å². The molecule has 0 saturated carbocycles. The van der Waals surface area contributed by atoms with Gasteiger partial charge in [0.05, 0.1) is 6.04 Å². The zero-order chi connectivity index (χ0) is 16.8. The van der Waals surface area contributed by atoms with Gasteiger partial charge in [0, 0.05) is 12.2 Å². The van der Waals surface area contributed by atoms with Crippen LogP contribution in [0, 0.1) is 13.8 Å². The van der Waals surface area contributed by atoms with Gasteiger partial charge in [-0.15, -0.1) is 0 Å². The van der Waals surface area contributed by atoms with Crippen molar-refractivity contribution in [1.82, 2.24) is 4.90 Å². The van der Waals surface area contributed by atoms with E-state index in [0.29, 0.717) is 0 Å². The van der Waals surface area contributed by atoms with Gasteiger partial charge in [0.1, 0.15) is 0 Å². The zero-order valence-corrected chi connectivity index (χ0v) is 14.5. The van der Waals surface area contributed by atoms with Gasteiger partial charge in [-0.3, -0.25) is 9.69 Å².